The maximum Gasteiger partial charge on any atom is 0.105 e. The van der Waals surface area contributed by atoms with Crippen LogP contribution >= 0.6 is 0 Å². The second-order valence-corrected chi connectivity index (χ2v) is 3.24. The first kappa shape index (κ1) is 9.26. The molecule has 0 radical (unpaired) electrons. The predicted molar refractivity (Wildman–Crippen MR) is 47.9 cm³/mol. The standard InChI is InChI=1S/C9H16N2O/c1-7(12)4-5-9-6-10-8(2)11(9)3/h6-7,12H,4-5H2,1-3H3. The molecule has 68 valence electrons. The van der Waals surface area contributed by atoms with Crippen LogP contribution in [-0.2, 0) is 13.5 Å². The quantitative estimate of drug-likeness (QED) is 0.732. The van der Waals surface area contributed by atoms with E-state index in [9.17, 15) is 0 Å². The average molecular weight is 168 g/mol. The normalized spacial score (nSPS) is 13.3. The van der Waals surface area contributed by atoms with E-state index in [0.717, 1.165) is 18.7 Å². The summed E-state index contributed by atoms with van der Waals surface area (Å²) in [5.74, 6) is 1.02. The lowest BCUT2D eigenvalue weighted by atomic mass is 10.2. The van der Waals surface area contributed by atoms with Gasteiger partial charge in [-0.15, -0.1) is 0 Å². The molecule has 1 rings (SSSR count). The predicted octanol–water partition coefficient (Wildman–Crippen LogP) is 1.04. The van der Waals surface area contributed by atoms with Gasteiger partial charge < -0.3 is 9.67 Å². The number of imidazole rings is 1. The molecule has 1 atom stereocenters. The van der Waals surface area contributed by atoms with Crippen molar-refractivity contribution >= 4 is 0 Å². The van der Waals surface area contributed by atoms with Crippen LogP contribution in [0, 0.1) is 6.92 Å². The number of rotatable bonds is 3. The summed E-state index contributed by atoms with van der Waals surface area (Å²) in [4.78, 5) is 4.18. The van der Waals surface area contributed by atoms with Gasteiger partial charge in [0.1, 0.15) is 5.82 Å². The van der Waals surface area contributed by atoms with Crippen LogP contribution in [0.3, 0.4) is 0 Å². The van der Waals surface area contributed by atoms with E-state index < -0.39 is 0 Å². The number of nitrogens with zero attached hydrogens (tertiary/aromatic N) is 2. The molecule has 0 saturated heterocycles. The topological polar surface area (TPSA) is 38.1 Å². The van der Waals surface area contributed by atoms with Crippen molar-refractivity contribution in [1.29, 1.82) is 0 Å². The SMILES string of the molecule is Cc1ncc(CCC(C)O)n1C. The van der Waals surface area contributed by atoms with E-state index in [4.69, 9.17) is 5.11 Å². The Kier molecular flexibility index (Phi) is 2.87. The summed E-state index contributed by atoms with van der Waals surface area (Å²) in [6.07, 6.45) is 3.35. The van der Waals surface area contributed by atoms with Crippen LogP contribution in [0.2, 0.25) is 0 Å². The van der Waals surface area contributed by atoms with Gasteiger partial charge in [-0.05, 0) is 26.7 Å². The third-order valence-electron chi connectivity index (χ3n) is 2.13. The maximum absolute atomic E-state index is 9.08. The van der Waals surface area contributed by atoms with Gasteiger partial charge >= 0.3 is 0 Å². The molecule has 3 heteroatoms. The molecule has 0 aliphatic rings. The highest BCUT2D eigenvalue weighted by Crippen LogP contribution is 2.06. The summed E-state index contributed by atoms with van der Waals surface area (Å²) in [6.45, 7) is 3.79. The summed E-state index contributed by atoms with van der Waals surface area (Å²) in [7, 11) is 2.00. The lowest BCUT2D eigenvalue weighted by molar-refractivity contribution is 0.184. The van der Waals surface area contributed by atoms with Crippen molar-refractivity contribution in [2.75, 3.05) is 0 Å². The van der Waals surface area contributed by atoms with Crippen LogP contribution in [0.25, 0.3) is 0 Å². The first-order valence-electron chi connectivity index (χ1n) is 4.26. The number of aliphatic hydroxyl groups is 1. The zero-order valence-electron chi connectivity index (χ0n) is 7.91. The molecule has 0 amide bonds. The minimum atomic E-state index is -0.222. The third kappa shape index (κ3) is 2.08. The van der Waals surface area contributed by atoms with Gasteiger partial charge in [-0.3, -0.25) is 0 Å². The Labute approximate surface area is 73.1 Å². The fourth-order valence-corrected chi connectivity index (χ4v) is 1.14. The second-order valence-electron chi connectivity index (χ2n) is 3.24. The number of hydrogen-bond donors (Lipinski definition) is 1. The van der Waals surface area contributed by atoms with Crippen molar-refractivity contribution in [1.82, 2.24) is 9.55 Å². The molecule has 1 aromatic rings. The Morgan fingerprint density at radius 3 is 2.75 bits per heavy atom. The van der Waals surface area contributed by atoms with Crippen molar-refractivity contribution in [2.24, 2.45) is 7.05 Å². The van der Waals surface area contributed by atoms with Crippen LogP contribution in [-0.4, -0.2) is 20.8 Å². The molecular formula is C9H16N2O. The lowest BCUT2D eigenvalue weighted by Crippen LogP contribution is -2.05. The van der Waals surface area contributed by atoms with Gasteiger partial charge in [0.15, 0.2) is 0 Å². The molecule has 0 spiro atoms. The van der Waals surface area contributed by atoms with Gasteiger partial charge in [0.2, 0.25) is 0 Å². The lowest BCUT2D eigenvalue weighted by Gasteiger charge is -2.04. The summed E-state index contributed by atoms with van der Waals surface area (Å²) < 4.78 is 2.06. The summed E-state index contributed by atoms with van der Waals surface area (Å²) in [5, 5.41) is 9.08. The Morgan fingerprint density at radius 2 is 2.33 bits per heavy atom. The van der Waals surface area contributed by atoms with Crippen molar-refractivity contribution in [2.45, 2.75) is 32.8 Å². The molecule has 0 bridgehead atoms. The zero-order chi connectivity index (χ0) is 9.14. The monoisotopic (exact) mass is 168 g/mol. The van der Waals surface area contributed by atoms with Gasteiger partial charge in [-0.1, -0.05) is 0 Å². The smallest absolute Gasteiger partial charge is 0.105 e. The Balaban J connectivity index is 2.58. The molecule has 0 aliphatic heterocycles. The summed E-state index contributed by atoms with van der Waals surface area (Å²) >= 11 is 0. The molecule has 1 unspecified atom stereocenters. The molecule has 1 heterocycles. The van der Waals surface area contributed by atoms with Gasteiger partial charge in [0, 0.05) is 18.9 Å². The molecule has 1 aromatic heterocycles. The van der Waals surface area contributed by atoms with Crippen LogP contribution in [0.4, 0.5) is 0 Å². The third-order valence-corrected chi connectivity index (χ3v) is 2.13. The molecule has 0 aromatic carbocycles. The van der Waals surface area contributed by atoms with Gasteiger partial charge in [0.25, 0.3) is 0 Å². The van der Waals surface area contributed by atoms with Crippen LogP contribution in [0.1, 0.15) is 24.9 Å². The van der Waals surface area contributed by atoms with E-state index >= 15 is 0 Å². The first-order chi connectivity index (χ1) is 5.61. The molecule has 3 nitrogen and oxygen atoms in total. The number of hydrogen-bond acceptors (Lipinski definition) is 2. The Bertz CT molecular complexity index is 253. The fourth-order valence-electron chi connectivity index (χ4n) is 1.14. The molecule has 1 N–H and O–H groups in total. The van der Waals surface area contributed by atoms with Crippen LogP contribution in [0.5, 0.6) is 0 Å². The largest absolute Gasteiger partial charge is 0.393 e. The van der Waals surface area contributed by atoms with E-state index in [1.165, 1.54) is 5.69 Å². The number of aryl methyl sites for hydroxylation is 2. The molecule has 12 heavy (non-hydrogen) atoms. The zero-order valence-corrected chi connectivity index (χ0v) is 7.91. The summed E-state index contributed by atoms with van der Waals surface area (Å²) in [6, 6.07) is 0. The minimum absolute atomic E-state index is 0.222. The highest BCUT2D eigenvalue weighted by Gasteiger charge is 2.03. The minimum Gasteiger partial charge on any atom is -0.393 e. The van der Waals surface area contributed by atoms with Crippen molar-refractivity contribution in [3.05, 3.63) is 17.7 Å². The Hall–Kier alpha value is -0.830. The van der Waals surface area contributed by atoms with E-state index in [2.05, 4.69) is 9.55 Å². The van der Waals surface area contributed by atoms with Gasteiger partial charge in [0.05, 0.1) is 6.10 Å². The highest BCUT2D eigenvalue weighted by molar-refractivity contribution is 5.03. The molecular weight excluding hydrogens is 152 g/mol. The van der Waals surface area contributed by atoms with E-state index in [-0.39, 0.29) is 6.10 Å². The van der Waals surface area contributed by atoms with E-state index in [0.29, 0.717) is 0 Å². The fraction of sp³-hybridized carbons (Fsp3) is 0.667. The van der Waals surface area contributed by atoms with Gasteiger partial charge in [-0.2, -0.15) is 0 Å². The maximum atomic E-state index is 9.08. The van der Waals surface area contributed by atoms with E-state index in [1.54, 1.807) is 0 Å². The number of aliphatic hydroxyl groups excluding tert-OH is 1. The molecule has 0 fully saturated rings. The highest BCUT2D eigenvalue weighted by atomic mass is 16.3. The van der Waals surface area contributed by atoms with Crippen molar-refractivity contribution in [3.8, 4) is 0 Å². The Morgan fingerprint density at radius 1 is 1.67 bits per heavy atom. The van der Waals surface area contributed by atoms with Crippen LogP contribution < -0.4 is 0 Å². The molecule has 0 aliphatic carbocycles. The molecule has 0 saturated carbocycles. The summed E-state index contributed by atoms with van der Waals surface area (Å²) in [5.41, 5.74) is 1.19. The first-order valence-corrected chi connectivity index (χ1v) is 4.26. The van der Waals surface area contributed by atoms with Crippen molar-refractivity contribution in [3.63, 3.8) is 0 Å². The van der Waals surface area contributed by atoms with E-state index in [1.807, 2.05) is 27.1 Å². The number of aromatic nitrogens is 2. The average Bonchev–Trinajstić information content (AvgIpc) is 2.30. The second kappa shape index (κ2) is 3.72. The van der Waals surface area contributed by atoms with Crippen LogP contribution in [0.15, 0.2) is 6.20 Å². The van der Waals surface area contributed by atoms with Crippen molar-refractivity contribution < 1.29 is 5.11 Å². The van der Waals surface area contributed by atoms with Gasteiger partial charge in [-0.25, -0.2) is 4.98 Å².